The van der Waals surface area contributed by atoms with Crippen LogP contribution in [0.3, 0.4) is 0 Å². The van der Waals surface area contributed by atoms with Gasteiger partial charge in [-0.3, -0.25) is 9.58 Å². The van der Waals surface area contributed by atoms with E-state index in [1.807, 2.05) is 17.9 Å². The van der Waals surface area contributed by atoms with Gasteiger partial charge in [-0.15, -0.1) is 0 Å². The molecule has 4 unspecified atom stereocenters. The Morgan fingerprint density at radius 1 is 1.35 bits per heavy atom. The number of aliphatic hydroxyl groups excluding tert-OH is 1. The van der Waals surface area contributed by atoms with E-state index in [4.69, 9.17) is 0 Å². The molecule has 2 fully saturated rings. The van der Waals surface area contributed by atoms with Gasteiger partial charge >= 0.3 is 0 Å². The van der Waals surface area contributed by atoms with Crippen LogP contribution in [0.4, 0.5) is 0 Å². The van der Waals surface area contributed by atoms with Crippen molar-refractivity contribution < 1.29 is 5.11 Å². The second kappa shape index (κ2) is 5.86. The Bertz CT molecular complexity index is 445. The van der Waals surface area contributed by atoms with Crippen molar-refractivity contribution >= 4 is 0 Å². The normalized spacial score (nSPS) is 35.5. The van der Waals surface area contributed by atoms with Gasteiger partial charge < -0.3 is 5.11 Å². The molecule has 2 aliphatic rings. The molecule has 1 N–H and O–H groups in total. The van der Waals surface area contributed by atoms with E-state index in [0.717, 1.165) is 25.4 Å². The number of aliphatic hydroxyl groups is 1. The zero-order valence-electron chi connectivity index (χ0n) is 12.7. The second-order valence-electron chi connectivity index (χ2n) is 6.85. The van der Waals surface area contributed by atoms with E-state index < -0.39 is 0 Å². The molecule has 1 aliphatic heterocycles. The summed E-state index contributed by atoms with van der Waals surface area (Å²) in [6.45, 7) is 4.48. The lowest BCUT2D eigenvalue weighted by Gasteiger charge is -2.39. The molecule has 1 aromatic heterocycles. The zero-order valence-corrected chi connectivity index (χ0v) is 12.7. The smallest absolute Gasteiger partial charge is 0.0583 e. The molecular formula is C16H27N3O. The molecule has 1 aromatic rings. The highest BCUT2D eigenvalue weighted by Gasteiger charge is 2.38. The molecule has 0 bridgehead atoms. The lowest BCUT2D eigenvalue weighted by atomic mass is 9.76. The first-order valence-corrected chi connectivity index (χ1v) is 8.03. The molecule has 1 saturated heterocycles. The molecule has 2 heterocycles. The van der Waals surface area contributed by atoms with Crippen LogP contribution in [0.1, 0.15) is 44.6 Å². The van der Waals surface area contributed by atoms with Crippen molar-refractivity contribution in [1.29, 1.82) is 0 Å². The van der Waals surface area contributed by atoms with Crippen LogP contribution >= 0.6 is 0 Å². The predicted molar refractivity (Wildman–Crippen MR) is 79.2 cm³/mol. The summed E-state index contributed by atoms with van der Waals surface area (Å²) < 4.78 is 1.87. The van der Waals surface area contributed by atoms with Gasteiger partial charge in [0.2, 0.25) is 0 Å². The summed E-state index contributed by atoms with van der Waals surface area (Å²) in [7, 11) is 1.97. The van der Waals surface area contributed by atoms with Gasteiger partial charge in [-0.25, -0.2) is 0 Å². The Morgan fingerprint density at radius 2 is 2.20 bits per heavy atom. The van der Waals surface area contributed by atoms with Gasteiger partial charge in [-0.2, -0.15) is 5.10 Å². The molecule has 1 saturated carbocycles. The first kappa shape index (κ1) is 14.1. The van der Waals surface area contributed by atoms with Crippen molar-refractivity contribution in [3.63, 3.8) is 0 Å². The summed E-state index contributed by atoms with van der Waals surface area (Å²) in [5.41, 5.74) is 1.29. The molecule has 0 radical (unpaired) electrons. The zero-order chi connectivity index (χ0) is 14.1. The van der Waals surface area contributed by atoms with Crippen molar-refractivity contribution in [3.05, 3.63) is 18.0 Å². The van der Waals surface area contributed by atoms with Crippen molar-refractivity contribution in [2.75, 3.05) is 6.54 Å². The van der Waals surface area contributed by atoms with Gasteiger partial charge in [0.25, 0.3) is 0 Å². The van der Waals surface area contributed by atoms with E-state index in [-0.39, 0.29) is 6.10 Å². The molecule has 0 aromatic carbocycles. The van der Waals surface area contributed by atoms with E-state index in [0.29, 0.717) is 12.0 Å². The fraction of sp³-hybridized carbons (Fsp3) is 0.812. The molecule has 3 rings (SSSR count). The minimum Gasteiger partial charge on any atom is -0.393 e. The number of hydrogen-bond acceptors (Lipinski definition) is 3. The molecule has 4 nitrogen and oxygen atoms in total. The topological polar surface area (TPSA) is 41.3 Å². The number of nitrogens with zero attached hydrogens (tertiary/aromatic N) is 3. The van der Waals surface area contributed by atoms with Crippen molar-refractivity contribution in [2.24, 2.45) is 18.9 Å². The largest absolute Gasteiger partial charge is 0.393 e. The maximum atomic E-state index is 10.4. The Kier molecular flexibility index (Phi) is 4.13. The third-order valence-corrected chi connectivity index (χ3v) is 5.18. The molecule has 0 spiro atoms. The van der Waals surface area contributed by atoms with Crippen LogP contribution in [-0.4, -0.2) is 38.5 Å². The second-order valence-corrected chi connectivity index (χ2v) is 6.85. The minimum atomic E-state index is -0.0919. The van der Waals surface area contributed by atoms with E-state index in [9.17, 15) is 5.11 Å². The van der Waals surface area contributed by atoms with Crippen LogP contribution < -0.4 is 0 Å². The van der Waals surface area contributed by atoms with Crippen LogP contribution in [0.5, 0.6) is 0 Å². The Morgan fingerprint density at radius 3 is 2.95 bits per heavy atom. The van der Waals surface area contributed by atoms with Crippen molar-refractivity contribution in [2.45, 2.75) is 57.7 Å². The summed E-state index contributed by atoms with van der Waals surface area (Å²) in [5, 5.41) is 14.7. The summed E-state index contributed by atoms with van der Waals surface area (Å²) in [6.07, 6.45) is 9.86. The third-order valence-electron chi connectivity index (χ3n) is 5.18. The van der Waals surface area contributed by atoms with Crippen LogP contribution in [0.25, 0.3) is 0 Å². The molecule has 0 amide bonds. The average Bonchev–Trinajstić information content (AvgIpc) is 3.02. The van der Waals surface area contributed by atoms with E-state index in [1.165, 1.54) is 31.2 Å². The van der Waals surface area contributed by atoms with Crippen LogP contribution in [0, 0.1) is 11.8 Å². The molecule has 112 valence electrons. The van der Waals surface area contributed by atoms with Gasteiger partial charge in [0.05, 0.1) is 12.3 Å². The highest BCUT2D eigenvalue weighted by molar-refractivity contribution is 5.05. The number of rotatable bonds is 3. The molecular weight excluding hydrogens is 250 g/mol. The fourth-order valence-electron chi connectivity index (χ4n) is 4.14. The standard InChI is InChI=1S/C16H27N3O/c1-12-5-6-16(20)14(8-12)15-4-3-7-19(15)11-13-9-17-18(2)10-13/h9-10,12,14-16,20H,3-8,11H2,1-2H3. The van der Waals surface area contributed by atoms with Gasteiger partial charge in [-0.05, 0) is 44.6 Å². The van der Waals surface area contributed by atoms with Crippen LogP contribution in [-0.2, 0) is 13.6 Å². The SMILES string of the molecule is CC1CCC(O)C(C2CCCN2Cc2cnn(C)c2)C1. The van der Waals surface area contributed by atoms with Gasteiger partial charge in [-0.1, -0.05) is 6.92 Å². The third kappa shape index (κ3) is 2.91. The number of likely N-dealkylation sites (tertiary alicyclic amines) is 1. The predicted octanol–water partition coefficient (Wildman–Crippen LogP) is 2.18. The Hall–Kier alpha value is -0.870. The fourth-order valence-corrected chi connectivity index (χ4v) is 4.14. The Balaban J connectivity index is 1.68. The average molecular weight is 277 g/mol. The minimum absolute atomic E-state index is 0.0919. The van der Waals surface area contributed by atoms with E-state index in [2.05, 4.69) is 23.1 Å². The highest BCUT2D eigenvalue weighted by Crippen LogP contribution is 2.37. The van der Waals surface area contributed by atoms with Crippen molar-refractivity contribution in [1.82, 2.24) is 14.7 Å². The molecule has 1 aliphatic carbocycles. The lowest BCUT2D eigenvalue weighted by Crippen LogP contribution is -2.43. The maximum Gasteiger partial charge on any atom is 0.0583 e. The summed E-state index contributed by atoms with van der Waals surface area (Å²) in [6, 6.07) is 0.563. The van der Waals surface area contributed by atoms with Crippen LogP contribution in [0.2, 0.25) is 0 Å². The number of hydrogen-bond donors (Lipinski definition) is 1. The lowest BCUT2D eigenvalue weighted by molar-refractivity contribution is 0.00553. The maximum absolute atomic E-state index is 10.4. The highest BCUT2D eigenvalue weighted by atomic mass is 16.3. The van der Waals surface area contributed by atoms with Crippen molar-refractivity contribution in [3.8, 4) is 0 Å². The first-order valence-electron chi connectivity index (χ1n) is 8.03. The quantitative estimate of drug-likeness (QED) is 0.920. The van der Waals surface area contributed by atoms with E-state index >= 15 is 0 Å². The Labute approximate surface area is 121 Å². The monoisotopic (exact) mass is 277 g/mol. The molecule has 4 atom stereocenters. The van der Waals surface area contributed by atoms with Gasteiger partial charge in [0.15, 0.2) is 0 Å². The number of aryl methyl sites for hydroxylation is 1. The summed E-state index contributed by atoms with van der Waals surface area (Å²) in [5.74, 6) is 1.24. The first-order chi connectivity index (χ1) is 9.63. The molecule has 20 heavy (non-hydrogen) atoms. The van der Waals surface area contributed by atoms with Gasteiger partial charge in [0.1, 0.15) is 0 Å². The van der Waals surface area contributed by atoms with E-state index in [1.54, 1.807) is 0 Å². The molecule has 4 heteroatoms. The number of aromatic nitrogens is 2. The summed E-state index contributed by atoms with van der Waals surface area (Å²) >= 11 is 0. The van der Waals surface area contributed by atoms with Gasteiger partial charge in [0, 0.05) is 37.3 Å². The van der Waals surface area contributed by atoms with Crippen LogP contribution in [0.15, 0.2) is 12.4 Å². The summed E-state index contributed by atoms with van der Waals surface area (Å²) in [4.78, 5) is 2.57.